The van der Waals surface area contributed by atoms with E-state index in [-0.39, 0.29) is 11.9 Å². The van der Waals surface area contributed by atoms with E-state index in [0.717, 1.165) is 0 Å². The summed E-state index contributed by atoms with van der Waals surface area (Å²) in [6.07, 6.45) is 1.64. The van der Waals surface area contributed by atoms with Crippen molar-refractivity contribution in [2.45, 2.75) is 6.04 Å². The van der Waals surface area contributed by atoms with Gasteiger partial charge in [0.2, 0.25) is 0 Å². The fourth-order valence-corrected chi connectivity index (χ4v) is 3.55. The van der Waals surface area contributed by atoms with Crippen LogP contribution in [0.2, 0.25) is 0 Å². The average Bonchev–Trinajstić information content (AvgIpc) is 3.04. The van der Waals surface area contributed by atoms with Crippen LogP contribution in [0.3, 0.4) is 0 Å². The summed E-state index contributed by atoms with van der Waals surface area (Å²) in [5.41, 5.74) is 1.88. The number of hydrogen-bond donors (Lipinski definition) is 1. The lowest BCUT2D eigenvalue weighted by molar-refractivity contribution is -0.126. The molecule has 28 heavy (non-hydrogen) atoms. The minimum atomic E-state index is -0.631. The van der Waals surface area contributed by atoms with E-state index in [9.17, 15) is 9.59 Å². The summed E-state index contributed by atoms with van der Waals surface area (Å²) in [4.78, 5) is 29.2. The van der Waals surface area contributed by atoms with Crippen molar-refractivity contribution in [3.63, 3.8) is 0 Å². The Morgan fingerprint density at radius 1 is 1.25 bits per heavy atom. The van der Waals surface area contributed by atoms with Gasteiger partial charge < -0.3 is 24.4 Å². The van der Waals surface area contributed by atoms with Gasteiger partial charge in [-0.25, -0.2) is 4.79 Å². The van der Waals surface area contributed by atoms with Gasteiger partial charge >= 0.3 is 6.03 Å². The minimum Gasteiger partial charge on any atom is -0.497 e. The second-order valence-electron chi connectivity index (χ2n) is 6.47. The number of nitrogens with one attached hydrogen (secondary N) is 1. The highest BCUT2D eigenvalue weighted by Gasteiger charge is 2.44. The third-order valence-corrected chi connectivity index (χ3v) is 4.92. The topological polar surface area (TPSA) is 80.3 Å². The van der Waals surface area contributed by atoms with Gasteiger partial charge in [0.05, 0.1) is 44.7 Å². The number of benzene rings is 1. The number of carbonyl (C=O) groups excluding carboxylic acids is 2. The minimum absolute atomic E-state index is 0.129. The van der Waals surface area contributed by atoms with Crippen molar-refractivity contribution in [3.8, 4) is 11.5 Å². The Labute approximate surface area is 164 Å². The summed E-state index contributed by atoms with van der Waals surface area (Å²) >= 11 is 0. The van der Waals surface area contributed by atoms with Crippen LogP contribution in [0.1, 0.15) is 11.6 Å². The Bertz CT molecular complexity index is 820. The van der Waals surface area contributed by atoms with Gasteiger partial charge in [0.15, 0.2) is 0 Å². The second-order valence-corrected chi connectivity index (χ2v) is 6.47. The quantitative estimate of drug-likeness (QED) is 0.687. The highest BCUT2D eigenvalue weighted by molar-refractivity contribution is 6.01. The number of urea groups is 1. The number of hydrogen-bond acceptors (Lipinski definition) is 5. The first-order chi connectivity index (χ1) is 13.5. The SMILES string of the molecule is C=CCN1C(=O)NC(c2cc(OC)ccc2OC)C2=C1CN(CCOC)C2=O. The molecule has 2 aliphatic rings. The molecule has 0 radical (unpaired) electrons. The van der Waals surface area contributed by atoms with E-state index in [1.165, 1.54) is 0 Å². The van der Waals surface area contributed by atoms with Crippen LogP contribution in [0.5, 0.6) is 11.5 Å². The molecule has 150 valence electrons. The number of methoxy groups -OCH3 is 3. The summed E-state index contributed by atoms with van der Waals surface area (Å²) in [6, 6.07) is 4.40. The summed E-state index contributed by atoms with van der Waals surface area (Å²) < 4.78 is 15.9. The lowest BCUT2D eigenvalue weighted by atomic mass is 9.94. The van der Waals surface area contributed by atoms with Crippen molar-refractivity contribution >= 4 is 11.9 Å². The van der Waals surface area contributed by atoms with Crippen molar-refractivity contribution in [2.75, 3.05) is 47.6 Å². The Balaban J connectivity index is 2.08. The van der Waals surface area contributed by atoms with Crippen LogP contribution in [-0.4, -0.2) is 69.3 Å². The van der Waals surface area contributed by atoms with Gasteiger partial charge in [-0.15, -0.1) is 6.58 Å². The fraction of sp³-hybridized carbons (Fsp3) is 0.400. The molecule has 1 unspecified atom stereocenters. The van der Waals surface area contributed by atoms with Crippen LogP contribution in [0.15, 0.2) is 42.1 Å². The van der Waals surface area contributed by atoms with Gasteiger partial charge in [0.1, 0.15) is 11.5 Å². The van der Waals surface area contributed by atoms with Crippen molar-refractivity contribution < 1.29 is 23.8 Å². The Morgan fingerprint density at radius 3 is 2.68 bits per heavy atom. The molecule has 8 nitrogen and oxygen atoms in total. The van der Waals surface area contributed by atoms with Gasteiger partial charge in [-0.3, -0.25) is 9.69 Å². The smallest absolute Gasteiger partial charge is 0.322 e. The van der Waals surface area contributed by atoms with Crippen LogP contribution in [0.4, 0.5) is 4.79 Å². The molecule has 3 amide bonds. The molecule has 1 N–H and O–H groups in total. The predicted molar refractivity (Wildman–Crippen MR) is 103 cm³/mol. The number of amides is 3. The number of rotatable bonds is 8. The Hall–Kier alpha value is -3.00. The molecule has 0 spiro atoms. The maximum atomic E-state index is 13.2. The Kier molecular flexibility index (Phi) is 5.89. The molecular formula is C20H25N3O5. The van der Waals surface area contributed by atoms with Crippen LogP contribution in [0.25, 0.3) is 0 Å². The lowest BCUT2D eigenvalue weighted by Gasteiger charge is -2.33. The molecule has 0 aromatic heterocycles. The van der Waals surface area contributed by atoms with Crippen molar-refractivity contribution in [2.24, 2.45) is 0 Å². The molecule has 1 aromatic rings. The highest BCUT2D eigenvalue weighted by atomic mass is 16.5. The molecule has 0 saturated carbocycles. The van der Waals surface area contributed by atoms with Crippen molar-refractivity contribution in [3.05, 3.63) is 47.7 Å². The Morgan fingerprint density at radius 2 is 2.04 bits per heavy atom. The van der Waals surface area contributed by atoms with E-state index in [1.807, 2.05) is 0 Å². The van der Waals surface area contributed by atoms with E-state index in [0.29, 0.717) is 54.6 Å². The maximum Gasteiger partial charge on any atom is 0.322 e. The molecule has 0 aliphatic carbocycles. The summed E-state index contributed by atoms with van der Waals surface area (Å²) in [7, 11) is 4.71. The van der Waals surface area contributed by atoms with Crippen LogP contribution >= 0.6 is 0 Å². The zero-order chi connectivity index (χ0) is 20.3. The largest absolute Gasteiger partial charge is 0.497 e. The van der Waals surface area contributed by atoms with E-state index in [2.05, 4.69) is 11.9 Å². The average molecular weight is 387 g/mol. The zero-order valence-electron chi connectivity index (χ0n) is 16.4. The molecule has 3 rings (SSSR count). The molecule has 1 atom stereocenters. The van der Waals surface area contributed by atoms with Gasteiger partial charge in [-0.05, 0) is 18.2 Å². The maximum absolute atomic E-state index is 13.2. The van der Waals surface area contributed by atoms with Gasteiger partial charge in [-0.2, -0.15) is 0 Å². The van der Waals surface area contributed by atoms with E-state index in [4.69, 9.17) is 14.2 Å². The molecule has 8 heteroatoms. The normalized spacial score (nSPS) is 18.9. The molecular weight excluding hydrogens is 362 g/mol. The summed E-state index contributed by atoms with van der Waals surface area (Å²) in [6.45, 7) is 5.25. The van der Waals surface area contributed by atoms with Crippen LogP contribution in [0, 0.1) is 0 Å². The lowest BCUT2D eigenvalue weighted by Crippen LogP contribution is -2.47. The van der Waals surface area contributed by atoms with Gasteiger partial charge in [0.25, 0.3) is 5.91 Å². The van der Waals surface area contributed by atoms with E-state index in [1.54, 1.807) is 55.4 Å². The summed E-state index contributed by atoms with van der Waals surface area (Å²) in [5, 5.41) is 2.94. The van der Waals surface area contributed by atoms with Gasteiger partial charge in [-0.1, -0.05) is 6.08 Å². The molecule has 2 aliphatic heterocycles. The van der Waals surface area contributed by atoms with E-state index < -0.39 is 6.04 Å². The highest BCUT2D eigenvalue weighted by Crippen LogP contribution is 2.40. The van der Waals surface area contributed by atoms with E-state index >= 15 is 0 Å². The molecule has 2 heterocycles. The third kappa shape index (κ3) is 3.43. The zero-order valence-corrected chi connectivity index (χ0v) is 16.4. The van der Waals surface area contributed by atoms with Crippen molar-refractivity contribution in [1.82, 2.24) is 15.1 Å². The van der Waals surface area contributed by atoms with Crippen molar-refractivity contribution in [1.29, 1.82) is 0 Å². The molecule has 1 aromatic carbocycles. The van der Waals surface area contributed by atoms with Crippen LogP contribution in [-0.2, 0) is 9.53 Å². The first-order valence-corrected chi connectivity index (χ1v) is 8.97. The predicted octanol–water partition coefficient (Wildman–Crippen LogP) is 1.70. The summed E-state index contributed by atoms with van der Waals surface area (Å²) in [5.74, 6) is 1.05. The molecule has 0 bridgehead atoms. The number of carbonyl (C=O) groups is 2. The first-order valence-electron chi connectivity index (χ1n) is 8.97. The standard InChI is InChI=1S/C20H25N3O5/c1-5-8-23-15-12-22(9-10-26-2)19(24)17(15)18(21-20(23)25)14-11-13(27-3)6-7-16(14)28-4/h5-7,11,18H,1,8-10,12H2,2-4H3,(H,21,25). The fourth-order valence-electron chi connectivity index (χ4n) is 3.55. The van der Waals surface area contributed by atoms with Gasteiger partial charge in [0, 0.05) is 25.8 Å². The third-order valence-electron chi connectivity index (χ3n) is 4.92. The molecule has 0 fully saturated rings. The number of ether oxygens (including phenoxy) is 3. The van der Waals surface area contributed by atoms with Crippen LogP contribution < -0.4 is 14.8 Å². The monoisotopic (exact) mass is 387 g/mol. The molecule has 0 saturated heterocycles. The second kappa shape index (κ2) is 8.35. The first kappa shape index (κ1) is 19.8. The number of nitrogens with zero attached hydrogens (tertiary/aromatic N) is 2.